The van der Waals surface area contributed by atoms with Crippen LogP contribution in [0.1, 0.15) is 18.1 Å². The van der Waals surface area contributed by atoms with Gasteiger partial charge in [-0.25, -0.2) is 4.39 Å². The quantitative estimate of drug-likeness (QED) is 0.735. The van der Waals surface area contributed by atoms with E-state index in [-0.39, 0.29) is 11.3 Å². The van der Waals surface area contributed by atoms with Gasteiger partial charge in [0, 0.05) is 17.0 Å². The van der Waals surface area contributed by atoms with Crippen LogP contribution in [0.2, 0.25) is 0 Å². The highest BCUT2D eigenvalue weighted by atomic mass is 79.9. The van der Waals surface area contributed by atoms with Crippen LogP contribution >= 0.6 is 15.9 Å². The maximum atomic E-state index is 12.6. The lowest BCUT2D eigenvalue weighted by atomic mass is 10.0. The van der Waals surface area contributed by atoms with Gasteiger partial charge in [-0.3, -0.25) is 0 Å². The summed E-state index contributed by atoms with van der Waals surface area (Å²) in [5.74, 6) is -0.936. The number of phenols is 1. The molecule has 0 spiro atoms. The molecule has 15 heavy (non-hydrogen) atoms. The highest BCUT2D eigenvalue weighted by Gasteiger charge is 2.20. The molecule has 0 heterocycles. The first kappa shape index (κ1) is 12.4. The standard InChI is InChI=1S/C10H12BrFO3/c11-4-3-8(13)10(15)7-2-1-6(12)5-9(7)14/h1-2,5,8,10,13-15H,3-4H2. The van der Waals surface area contributed by atoms with Gasteiger partial charge in [-0.05, 0) is 18.6 Å². The summed E-state index contributed by atoms with van der Waals surface area (Å²) in [5, 5.41) is 29.0. The van der Waals surface area contributed by atoms with E-state index in [0.29, 0.717) is 11.8 Å². The normalized spacial score (nSPS) is 14.9. The highest BCUT2D eigenvalue weighted by Crippen LogP contribution is 2.28. The molecule has 0 aliphatic rings. The molecule has 0 aromatic heterocycles. The van der Waals surface area contributed by atoms with Crippen LogP contribution in [0, 0.1) is 5.82 Å². The molecule has 0 bridgehead atoms. The lowest BCUT2D eigenvalue weighted by molar-refractivity contribution is 0.0160. The van der Waals surface area contributed by atoms with Gasteiger partial charge in [0.25, 0.3) is 0 Å². The van der Waals surface area contributed by atoms with E-state index in [9.17, 15) is 19.7 Å². The third-order valence-electron chi connectivity index (χ3n) is 2.08. The predicted molar refractivity (Wildman–Crippen MR) is 57.4 cm³/mol. The number of aromatic hydroxyl groups is 1. The van der Waals surface area contributed by atoms with Crippen LogP contribution < -0.4 is 0 Å². The van der Waals surface area contributed by atoms with Gasteiger partial charge in [0.15, 0.2) is 0 Å². The molecule has 0 aliphatic carbocycles. The molecule has 1 aromatic carbocycles. The summed E-state index contributed by atoms with van der Waals surface area (Å²) in [4.78, 5) is 0. The van der Waals surface area contributed by atoms with Crippen molar-refractivity contribution in [1.82, 2.24) is 0 Å². The van der Waals surface area contributed by atoms with E-state index >= 15 is 0 Å². The largest absolute Gasteiger partial charge is 0.507 e. The zero-order valence-electron chi connectivity index (χ0n) is 7.90. The summed E-state index contributed by atoms with van der Waals surface area (Å²) in [6.07, 6.45) is -1.85. The van der Waals surface area contributed by atoms with Crippen molar-refractivity contribution in [3.05, 3.63) is 29.6 Å². The van der Waals surface area contributed by atoms with Crippen LogP contribution in [0.15, 0.2) is 18.2 Å². The fourth-order valence-corrected chi connectivity index (χ4v) is 1.71. The van der Waals surface area contributed by atoms with Crippen molar-refractivity contribution < 1.29 is 19.7 Å². The van der Waals surface area contributed by atoms with Gasteiger partial charge < -0.3 is 15.3 Å². The maximum Gasteiger partial charge on any atom is 0.126 e. The Morgan fingerprint density at radius 1 is 1.33 bits per heavy atom. The Balaban J connectivity index is 2.86. The van der Waals surface area contributed by atoms with Crippen molar-refractivity contribution in [2.75, 3.05) is 5.33 Å². The smallest absolute Gasteiger partial charge is 0.126 e. The van der Waals surface area contributed by atoms with E-state index in [4.69, 9.17) is 0 Å². The van der Waals surface area contributed by atoms with Crippen LogP contribution in [0.5, 0.6) is 5.75 Å². The Kier molecular flexibility index (Phi) is 4.50. The number of phenolic OH excluding ortho intramolecular Hbond substituents is 1. The molecule has 0 aliphatic heterocycles. The minimum Gasteiger partial charge on any atom is -0.507 e. The van der Waals surface area contributed by atoms with Crippen molar-refractivity contribution in [3.8, 4) is 5.75 Å². The molecular weight excluding hydrogens is 267 g/mol. The second-order valence-corrected chi connectivity index (χ2v) is 3.99. The van der Waals surface area contributed by atoms with Gasteiger partial charge in [-0.1, -0.05) is 15.9 Å². The summed E-state index contributed by atoms with van der Waals surface area (Å²) in [7, 11) is 0. The molecule has 2 unspecified atom stereocenters. The molecule has 0 saturated carbocycles. The summed E-state index contributed by atoms with van der Waals surface area (Å²) >= 11 is 3.13. The molecule has 0 fully saturated rings. The average molecular weight is 279 g/mol. The minimum absolute atomic E-state index is 0.129. The van der Waals surface area contributed by atoms with Crippen LogP contribution in [0.25, 0.3) is 0 Å². The molecule has 3 N–H and O–H groups in total. The molecule has 0 amide bonds. The predicted octanol–water partition coefficient (Wildman–Crippen LogP) is 1.71. The Morgan fingerprint density at radius 2 is 2.00 bits per heavy atom. The van der Waals surface area contributed by atoms with Gasteiger partial charge in [0.2, 0.25) is 0 Å². The van der Waals surface area contributed by atoms with E-state index in [0.717, 1.165) is 12.1 Å². The van der Waals surface area contributed by atoms with Gasteiger partial charge in [-0.2, -0.15) is 0 Å². The number of hydrogen-bond acceptors (Lipinski definition) is 3. The fourth-order valence-electron chi connectivity index (χ4n) is 1.24. The van der Waals surface area contributed by atoms with E-state index in [1.54, 1.807) is 0 Å². The molecule has 1 aromatic rings. The highest BCUT2D eigenvalue weighted by molar-refractivity contribution is 9.09. The molecular formula is C10H12BrFO3. The topological polar surface area (TPSA) is 60.7 Å². The second-order valence-electron chi connectivity index (χ2n) is 3.19. The average Bonchev–Trinajstić information content (AvgIpc) is 2.17. The molecule has 0 saturated heterocycles. The third kappa shape index (κ3) is 3.15. The molecule has 1 rings (SSSR count). The Hall–Kier alpha value is -0.650. The summed E-state index contributed by atoms with van der Waals surface area (Å²) < 4.78 is 12.6. The zero-order valence-corrected chi connectivity index (χ0v) is 9.48. The summed E-state index contributed by atoms with van der Waals surface area (Å²) in [6.45, 7) is 0. The van der Waals surface area contributed by atoms with Crippen LogP contribution in [-0.4, -0.2) is 26.8 Å². The zero-order chi connectivity index (χ0) is 11.4. The molecule has 5 heteroatoms. The van der Waals surface area contributed by atoms with Crippen molar-refractivity contribution in [2.45, 2.75) is 18.6 Å². The van der Waals surface area contributed by atoms with Gasteiger partial charge in [0.05, 0.1) is 6.10 Å². The summed E-state index contributed by atoms with van der Waals surface area (Å²) in [5.41, 5.74) is 0.129. The number of aliphatic hydroxyl groups is 2. The molecule has 3 nitrogen and oxygen atoms in total. The van der Waals surface area contributed by atoms with Crippen molar-refractivity contribution in [1.29, 1.82) is 0 Å². The first-order chi connectivity index (χ1) is 7.06. The second kappa shape index (κ2) is 5.44. The lowest BCUT2D eigenvalue weighted by Gasteiger charge is -2.18. The van der Waals surface area contributed by atoms with Crippen LogP contribution in [0.4, 0.5) is 4.39 Å². The number of halogens is 2. The first-order valence-electron chi connectivity index (χ1n) is 4.46. The van der Waals surface area contributed by atoms with Gasteiger partial charge >= 0.3 is 0 Å². The van der Waals surface area contributed by atoms with Crippen molar-refractivity contribution in [2.24, 2.45) is 0 Å². The number of hydrogen-bond donors (Lipinski definition) is 3. The fraction of sp³-hybridized carbons (Fsp3) is 0.400. The molecule has 0 radical (unpaired) electrons. The Morgan fingerprint density at radius 3 is 2.53 bits per heavy atom. The monoisotopic (exact) mass is 278 g/mol. The van der Waals surface area contributed by atoms with E-state index in [1.807, 2.05) is 0 Å². The minimum atomic E-state index is -1.21. The van der Waals surface area contributed by atoms with Gasteiger partial charge in [-0.15, -0.1) is 0 Å². The number of benzene rings is 1. The van der Waals surface area contributed by atoms with Crippen LogP contribution in [0.3, 0.4) is 0 Å². The Bertz CT molecular complexity index is 332. The summed E-state index contributed by atoms with van der Waals surface area (Å²) in [6, 6.07) is 3.28. The molecule has 84 valence electrons. The lowest BCUT2D eigenvalue weighted by Crippen LogP contribution is -2.18. The van der Waals surface area contributed by atoms with E-state index in [2.05, 4.69) is 15.9 Å². The van der Waals surface area contributed by atoms with E-state index < -0.39 is 18.0 Å². The van der Waals surface area contributed by atoms with Gasteiger partial charge in [0.1, 0.15) is 17.7 Å². The van der Waals surface area contributed by atoms with Crippen LogP contribution in [-0.2, 0) is 0 Å². The number of aliphatic hydroxyl groups excluding tert-OH is 2. The Labute approximate surface area is 95.3 Å². The maximum absolute atomic E-state index is 12.6. The first-order valence-corrected chi connectivity index (χ1v) is 5.59. The number of alkyl halides is 1. The van der Waals surface area contributed by atoms with E-state index in [1.165, 1.54) is 6.07 Å². The SMILES string of the molecule is Oc1cc(F)ccc1C(O)C(O)CCBr. The number of rotatable bonds is 4. The third-order valence-corrected chi connectivity index (χ3v) is 2.54. The molecule has 2 atom stereocenters. The van der Waals surface area contributed by atoms with Crippen molar-refractivity contribution >= 4 is 15.9 Å². The van der Waals surface area contributed by atoms with Crippen molar-refractivity contribution in [3.63, 3.8) is 0 Å².